The van der Waals surface area contributed by atoms with Gasteiger partial charge in [-0.1, -0.05) is 135 Å². The van der Waals surface area contributed by atoms with E-state index in [-0.39, 0.29) is 11.6 Å². The Morgan fingerprint density at radius 2 is 1.13 bits per heavy atom. The molecule has 212 valence electrons. The van der Waals surface area contributed by atoms with E-state index in [2.05, 4.69) is 47.6 Å². The van der Waals surface area contributed by atoms with Gasteiger partial charge in [-0.05, 0) is 56.8 Å². The van der Waals surface area contributed by atoms with Crippen molar-refractivity contribution >= 4 is 11.6 Å². The van der Waals surface area contributed by atoms with E-state index in [0.717, 1.165) is 30.1 Å². The molecule has 2 nitrogen and oxygen atoms in total. The Morgan fingerprint density at radius 3 is 1.63 bits per heavy atom. The third-order valence-electron chi connectivity index (χ3n) is 8.67. The topological polar surface area (TPSA) is 34.1 Å². The van der Waals surface area contributed by atoms with Crippen LogP contribution in [0.2, 0.25) is 0 Å². The molecule has 3 unspecified atom stereocenters. The average Bonchev–Trinajstić information content (AvgIpc) is 2.87. The summed E-state index contributed by atoms with van der Waals surface area (Å²) in [6, 6.07) is 7.20. The van der Waals surface area contributed by atoms with Crippen molar-refractivity contribution in [3.8, 4) is 0 Å². The lowest BCUT2D eigenvalue weighted by Crippen LogP contribution is -2.20. The smallest absolute Gasteiger partial charge is 0.190 e. The maximum absolute atomic E-state index is 12.9. The van der Waals surface area contributed by atoms with Crippen LogP contribution in [0.5, 0.6) is 0 Å². The van der Waals surface area contributed by atoms with Crippen LogP contribution >= 0.6 is 0 Å². The Hall–Kier alpha value is -1.96. The van der Waals surface area contributed by atoms with Gasteiger partial charge in [0.2, 0.25) is 0 Å². The van der Waals surface area contributed by atoms with Crippen LogP contribution in [0.4, 0.5) is 0 Å². The molecular formula is C36H56O2. The lowest BCUT2D eigenvalue weighted by atomic mass is 9.83. The van der Waals surface area contributed by atoms with Crippen LogP contribution in [0.3, 0.4) is 0 Å². The van der Waals surface area contributed by atoms with Crippen LogP contribution in [0.15, 0.2) is 47.1 Å². The molecule has 2 heteroatoms. The van der Waals surface area contributed by atoms with E-state index in [4.69, 9.17) is 0 Å². The van der Waals surface area contributed by atoms with Gasteiger partial charge in [-0.25, -0.2) is 0 Å². The van der Waals surface area contributed by atoms with Crippen molar-refractivity contribution in [1.82, 2.24) is 0 Å². The van der Waals surface area contributed by atoms with Crippen molar-refractivity contribution in [1.29, 1.82) is 0 Å². The number of rotatable bonds is 18. The largest absolute Gasteiger partial charge is 0.289 e. The minimum absolute atomic E-state index is 0.00365. The summed E-state index contributed by atoms with van der Waals surface area (Å²) in [6.45, 7) is 15.9. The molecule has 1 aliphatic rings. The number of benzene rings is 1. The molecular weight excluding hydrogens is 464 g/mol. The van der Waals surface area contributed by atoms with Crippen LogP contribution < -0.4 is 0 Å². The van der Waals surface area contributed by atoms with Crippen molar-refractivity contribution in [3.05, 3.63) is 58.2 Å². The molecule has 1 aromatic rings. The molecule has 0 saturated heterocycles. The van der Waals surface area contributed by atoms with Crippen LogP contribution in [-0.4, -0.2) is 11.6 Å². The predicted octanol–water partition coefficient (Wildman–Crippen LogP) is 11.0. The van der Waals surface area contributed by atoms with E-state index in [1.54, 1.807) is 19.1 Å². The first-order valence-electron chi connectivity index (χ1n) is 15.6. The standard InChI is InChI=1S/C36H56O2/c1-26(2)14-10-15-27(3)16-11-17-28(4)18-12-19-29(5)20-13-21-30(6)24-25-32-31(7)35(37)33-22-8-9-23-34(33)36(32)38/h8-9,22-24,26-29H,10-21,25H2,1-7H3/b30-24+. The maximum atomic E-state index is 12.9. The molecule has 0 saturated carbocycles. The van der Waals surface area contributed by atoms with E-state index >= 15 is 0 Å². The zero-order chi connectivity index (χ0) is 28.1. The third kappa shape index (κ3) is 11.0. The predicted molar refractivity (Wildman–Crippen MR) is 164 cm³/mol. The number of hydrogen-bond donors (Lipinski definition) is 0. The molecule has 0 spiro atoms. The first-order chi connectivity index (χ1) is 18.1. The third-order valence-corrected chi connectivity index (χ3v) is 8.67. The molecule has 38 heavy (non-hydrogen) atoms. The summed E-state index contributed by atoms with van der Waals surface area (Å²) in [7, 11) is 0. The Labute approximate surface area is 234 Å². The van der Waals surface area contributed by atoms with Gasteiger partial charge in [-0.15, -0.1) is 0 Å². The normalized spacial score (nSPS) is 16.7. The Kier molecular flexibility index (Phi) is 14.3. The van der Waals surface area contributed by atoms with Gasteiger partial charge in [-0.3, -0.25) is 9.59 Å². The number of carbonyl (C=O) groups is 2. The van der Waals surface area contributed by atoms with Gasteiger partial charge in [0, 0.05) is 22.3 Å². The summed E-state index contributed by atoms with van der Waals surface area (Å²) < 4.78 is 0. The van der Waals surface area contributed by atoms with E-state index in [9.17, 15) is 9.59 Å². The summed E-state index contributed by atoms with van der Waals surface area (Å²) in [5, 5.41) is 0. The molecule has 2 rings (SSSR count). The van der Waals surface area contributed by atoms with E-state index < -0.39 is 0 Å². The second-order valence-corrected chi connectivity index (χ2v) is 13.0. The summed E-state index contributed by atoms with van der Waals surface area (Å²) in [4.78, 5) is 25.6. The molecule has 1 aromatic carbocycles. The molecule has 0 aliphatic heterocycles. The van der Waals surface area contributed by atoms with Crippen molar-refractivity contribution < 1.29 is 9.59 Å². The number of allylic oxidation sites excluding steroid dienone is 4. The first-order valence-corrected chi connectivity index (χ1v) is 15.6. The molecule has 0 heterocycles. The fourth-order valence-electron chi connectivity index (χ4n) is 5.84. The lowest BCUT2D eigenvalue weighted by Gasteiger charge is -2.18. The summed E-state index contributed by atoms with van der Waals surface area (Å²) in [5.41, 5.74) is 3.69. The van der Waals surface area contributed by atoms with E-state index in [1.165, 1.54) is 76.2 Å². The minimum Gasteiger partial charge on any atom is -0.289 e. The van der Waals surface area contributed by atoms with Crippen molar-refractivity contribution in [2.24, 2.45) is 23.7 Å². The fourth-order valence-corrected chi connectivity index (χ4v) is 5.84. The van der Waals surface area contributed by atoms with Crippen molar-refractivity contribution in [2.75, 3.05) is 0 Å². The highest BCUT2D eigenvalue weighted by Gasteiger charge is 2.28. The second-order valence-electron chi connectivity index (χ2n) is 13.0. The SMILES string of the molecule is CC1=C(C/C=C(\C)CCCC(C)CCCC(C)CCCC(C)CCCC(C)C)C(=O)c2ccccc2C1=O. The number of carbonyl (C=O) groups excluding carboxylic acids is 2. The van der Waals surface area contributed by atoms with Crippen LogP contribution in [-0.2, 0) is 0 Å². The van der Waals surface area contributed by atoms with Crippen molar-refractivity contribution in [2.45, 2.75) is 132 Å². The van der Waals surface area contributed by atoms with Crippen LogP contribution in [0, 0.1) is 23.7 Å². The number of Topliss-reactive ketones (excluding diaryl/α,β-unsaturated/α-hetero) is 2. The number of hydrogen-bond acceptors (Lipinski definition) is 2. The minimum atomic E-state index is -0.00365. The van der Waals surface area contributed by atoms with Crippen molar-refractivity contribution in [3.63, 3.8) is 0 Å². The zero-order valence-corrected chi connectivity index (χ0v) is 25.7. The van der Waals surface area contributed by atoms with Gasteiger partial charge in [0.15, 0.2) is 11.6 Å². The Bertz CT molecular complexity index is 948. The summed E-state index contributed by atoms with van der Waals surface area (Å²) >= 11 is 0. The zero-order valence-electron chi connectivity index (χ0n) is 25.7. The van der Waals surface area contributed by atoms with Gasteiger partial charge in [0.25, 0.3) is 0 Å². The number of ketones is 2. The molecule has 1 aliphatic carbocycles. The molecule has 0 radical (unpaired) electrons. The van der Waals surface area contributed by atoms with E-state index in [1.807, 2.05) is 12.1 Å². The Balaban J connectivity index is 1.61. The van der Waals surface area contributed by atoms with Crippen LogP contribution in [0.1, 0.15) is 153 Å². The fraction of sp³-hybridized carbons (Fsp3) is 0.667. The highest BCUT2D eigenvalue weighted by molar-refractivity contribution is 6.26. The molecule has 0 N–H and O–H groups in total. The quantitative estimate of drug-likeness (QED) is 0.180. The lowest BCUT2D eigenvalue weighted by molar-refractivity contribution is 0.0973. The Morgan fingerprint density at radius 1 is 0.684 bits per heavy atom. The summed E-state index contributed by atoms with van der Waals surface area (Å²) in [5.74, 6) is 3.38. The highest BCUT2D eigenvalue weighted by atomic mass is 16.1. The molecule has 3 atom stereocenters. The number of fused-ring (bicyclic) bond motifs is 1. The maximum Gasteiger partial charge on any atom is 0.190 e. The monoisotopic (exact) mass is 520 g/mol. The summed E-state index contributed by atoms with van der Waals surface area (Å²) in [6.07, 6.45) is 18.7. The first kappa shape index (κ1) is 32.3. The second kappa shape index (κ2) is 16.9. The molecule has 0 bridgehead atoms. The van der Waals surface area contributed by atoms with E-state index in [0.29, 0.717) is 28.7 Å². The molecule has 0 amide bonds. The van der Waals surface area contributed by atoms with Gasteiger partial charge < -0.3 is 0 Å². The van der Waals surface area contributed by atoms with Gasteiger partial charge >= 0.3 is 0 Å². The van der Waals surface area contributed by atoms with Gasteiger partial charge in [-0.2, -0.15) is 0 Å². The van der Waals surface area contributed by atoms with Crippen LogP contribution in [0.25, 0.3) is 0 Å². The highest BCUT2D eigenvalue weighted by Crippen LogP contribution is 2.29. The van der Waals surface area contributed by atoms with Gasteiger partial charge in [0.1, 0.15) is 0 Å². The van der Waals surface area contributed by atoms with Gasteiger partial charge in [0.05, 0.1) is 0 Å². The average molecular weight is 521 g/mol. The molecule has 0 fully saturated rings. The molecule has 0 aromatic heterocycles.